The van der Waals surface area contributed by atoms with Gasteiger partial charge in [0, 0.05) is 8.95 Å². The van der Waals surface area contributed by atoms with Gasteiger partial charge in [0.1, 0.15) is 23.9 Å². The van der Waals surface area contributed by atoms with E-state index in [-0.39, 0.29) is 11.6 Å². The van der Waals surface area contributed by atoms with Crippen LogP contribution in [0.4, 0.5) is 0 Å². The van der Waals surface area contributed by atoms with E-state index in [0.29, 0.717) is 11.0 Å². The molecule has 0 saturated heterocycles. The molecule has 2 aromatic heterocycles. The number of halogens is 2. The molecule has 0 amide bonds. The first-order chi connectivity index (χ1) is 11.5. The summed E-state index contributed by atoms with van der Waals surface area (Å²) >= 11 is 6.78. The fraction of sp³-hybridized carbons (Fsp3) is 0.125. The van der Waals surface area contributed by atoms with Crippen LogP contribution in [0.5, 0.6) is 0 Å². The van der Waals surface area contributed by atoms with Crippen LogP contribution in [0.2, 0.25) is 0 Å². The highest BCUT2D eigenvalue weighted by molar-refractivity contribution is 9.10. The number of fused-ring (bicyclic) bond motifs is 2. The quantitative estimate of drug-likeness (QED) is 0.381. The minimum Gasteiger partial charge on any atom is -0.382 e. The van der Waals surface area contributed by atoms with Gasteiger partial charge in [-0.15, -0.1) is 0 Å². The number of nitrogens with one attached hydrogen (secondary N) is 2. The standard InChI is InChI=1S/C16H12Br2N4O2/c17-7-1-3-9-11(5-7)21-15(19-9)13(23)14(24)16-20-10-4-2-8(18)6-12(10)22-16/h1-6,13-14,23-24H,(H,19,21)(H,20,22)/t13-,14-/m1/s1. The number of rotatable bonds is 3. The highest BCUT2D eigenvalue weighted by Gasteiger charge is 2.26. The van der Waals surface area contributed by atoms with Crippen molar-refractivity contribution in [3.63, 3.8) is 0 Å². The molecule has 0 aliphatic carbocycles. The third kappa shape index (κ3) is 2.75. The smallest absolute Gasteiger partial charge is 0.145 e. The molecule has 0 fully saturated rings. The Morgan fingerprint density at radius 3 is 1.58 bits per heavy atom. The van der Waals surface area contributed by atoms with Gasteiger partial charge in [-0.3, -0.25) is 0 Å². The molecule has 0 radical (unpaired) electrons. The van der Waals surface area contributed by atoms with Crippen molar-refractivity contribution in [2.75, 3.05) is 0 Å². The van der Waals surface area contributed by atoms with Crippen LogP contribution in [-0.4, -0.2) is 30.1 Å². The van der Waals surface area contributed by atoms with Crippen LogP contribution < -0.4 is 0 Å². The Morgan fingerprint density at radius 1 is 0.750 bits per heavy atom. The number of benzene rings is 2. The molecule has 8 heteroatoms. The van der Waals surface area contributed by atoms with Crippen molar-refractivity contribution < 1.29 is 10.2 Å². The number of H-pyrrole nitrogens is 2. The van der Waals surface area contributed by atoms with Gasteiger partial charge in [-0.25, -0.2) is 9.97 Å². The third-order valence-electron chi connectivity index (χ3n) is 3.78. The van der Waals surface area contributed by atoms with Gasteiger partial charge >= 0.3 is 0 Å². The first-order valence-corrected chi connectivity index (χ1v) is 8.76. The molecule has 0 aliphatic rings. The Morgan fingerprint density at radius 2 is 1.17 bits per heavy atom. The summed E-state index contributed by atoms with van der Waals surface area (Å²) in [7, 11) is 0. The first-order valence-electron chi connectivity index (χ1n) is 7.18. The van der Waals surface area contributed by atoms with E-state index in [1.165, 1.54) is 0 Å². The Balaban J connectivity index is 1.69. The fourth-order valence-electron chi connectivity index (χ4n) is 2.58. The number of hydrogen-bond donors (Lipinski definition) is 4. The summed E-state index contributed by atoms with van der Waals surface area (Å²) in [5.74, 6) is 0.578. The van der Waals surface area contributed by atoms with Gasteiger partial charge in [-0.05, 0) is 36.4 Å². The number of nitrogens with zero attached hydrogens (tertiary/aromatic N) is 2. The normalized spacial score (nSPS) is 14.3. The molecule has 4 N–H and O–H groups in total. The highest BCUT2D eigenvalue weighted by atomic mass is 79.9. The van der Waals surface area contributed by atoms with Gasteiger partial charge in [-0.1, -0.05) is 31.9 Å². The summed E-state index contributed by atoms with van der Waals surface area (Å²) in [5, 5.41) is 20.9. The van der Waals surface area contributed by atoms with Gasteiger partial charge in [0.05, 0.1) is 22.1 Å². The van der Waals surface area contributed by atoms with E-state index in [0.717, 1.165) is 20.0 Å². The summed E-state index contributed by atoms with van der Waals surface area (Å²) in [5.41, 5.74) is 2.99. The molecule has 0 saturated carbocycles. The summed E-state index contributed by atoms with van der Waals surface area (Å²) in [6.07, 6.45) is -2.44. The lowest BCUT2D eigenvalue weighted by Gasteiger charge is -2.13. The van der Waals surface area contributed by atoms with Crippen LogP contribution in [0.25, 0.3) is 22.1 Å². The Bertz CT molecular complexity index is 959. The molecule has 6 nitrogen and oxygen atoms in total. The second-order valence-corrected chi connectivity index (χ2v) is 7.29. The first kappa shape index (κ1) is 15.8. The molecule has 4 rings (SSSR count). The van der Waals surface area contributed by atoms with Gasteiger partial charge < -0.3 is 20.2 Å². The Hall–Kier alpha value is -1.74. The molecular formula is C16H12Br2N4O2. The van der Waals surface area contributed by atoms with Crippen molar-refractivity contribution in [2.24, 2.45) is 0 Å². The van der Waals surface area contributed by atoms with Crippen LogP contribution in [0.1, 0.15) is 23.9 Å². The lowest BCUT2D eigenvalue weighted by molar-refractivity contribution is 0.00780. The van der Waals surface area contributed by atoms with Gasteiger partial charge in [0.2, 0.25) is 0 Å². The van der Waals surface area contributed by atoms with Gasteiger partial charge in [0.25, 0.3) is 0 Å². The number of aromatic nitrogens is 4. The maximum absolute atomic E-state index is 10.5. The molecule has 4 aromatic rings. The van der Waals surface area contributed by atoms with E-state index in [1.54, 1.807) is 0 Å². The number of aliphatic hydroxyl groups is 2. The summed E-state index contributed by atoms with van der Waals surface area (Å²) in [6.45, 7) is 0. The predicted octanol–water partition coefficient (Wildman–Crippen LogP) is 3.73. The van der Waals surface area contributed by atoms with Crippen molar-refractivity contribution in [1.82, 2.24) is 19.9 Å². The lowest BCUT2D eigenvalue weighted by Crippen LogP contribution is -2.13. The number of hydrogen-bond acceptors (Lipinski definition) is 4. The molecule has 122 valence electrons. The zero-order chi connectivity index (χ0) is 16.8. The molecule has 0 spiro atoms. The maximum Gasteiger partial charge on any atom is 0.145 e. The fourth-order valence-corrected chi connectivity index (χ4v) is 3.30. The van der Waals surface area contributed by atoms with Crippen LogP contribution >= 0.6 is 31.9 Å². The van der Waals surface area contributed by atoms with E-state index in [4.69, 9.17) is 0 Å². The van der Waals surface area contributed by atoms with Crippen molar-refractivity contribution in [2.45, 2.75) is 12.2 Å². The average Bonchev–Trinajstić information content (AvgIpc) is 3.16. The summed E-state index contributed by atoms with van der Waals surface area (Å²) in [4.78, 5) is 14.7. The number of aliphatic hydroxyl groups excluding tert-OH is 2. The molecule has 2 atom stereocenters. The van der Waals surface area contributed by atoms with Crippen molar-refractivity contribution in [3.8, 4) is 0 Å². The zero-order valence-corrected chi connectivity index (χ0v) is 15.3. The minimum absolute atomic E-state index is 0.289. The third-order valence-corrected chi connectivity index (χ3v) is 4.77. The van der Waals surface area contributed by atoms with Crippen molar-refractivity contribution >= 4 is 53.9 Å². The molecule has 2 aromatic carbocycles. The SMILES string of the molecule is O[C@@H](c1nc2ccc(Br)cc2[nH]1)[C@@H](O)c1nc2ccc(Br)cc2[nH]1. The molecule has 0 bridgehead atoms. The van der Waals surface area contributed by atoms with Crippen molar-refractivity contribution in [1.29, 1.82) is 0 Å². The lowest BCUT2D eigenvalue weighted by atomic mass is 10.2. The molecular weight excluding hydrogens is 440 g/mol. The van der Waals surface area contributed by atoms with Crippen LogP contribution in [0, 0.1) is 0 Å². The number of aromatic amines is 2. The zero-order valence-electron chi connectivity index (χ0n) is 12.2. The molecule has 2 heterocycles. The average molecular weight is 452 g/mol. The van der Waals surface area contributed by atoms with Crippen LogP contribution in [0.3, 0.4) is 0 Å². The van der Waals surface area contributed by atoms with Crippen molar-refractivity contribution in [3.05, 3.63) is 57.0 Å². The largest absolute Gasteiger partial charge is 0.382 e. The van der Waals surface area contributed by atoms with E-state index in [2.05, 4.69) is 51.8 Å². The Kier molecular flexibility index (Phi) is 3.92. The Labute approximate surface area is 153 Å². The number of imidazole rings is 2. The van der Waals surface area contributed by atoms with E-state index in [1.807, 2.05) is 36.4 Å². The second kappa shape index (κ2) is 5.96. The van der Waals surface area contributed by atoms with Gasteiger partial charge in [-0.2, -0.15) is 0 Å². The maximum atomic E-state index is 10.5. The molecule has 0 unspecified atom stereocenters. The van der Waals surface area contributed by atoms with Gasteiger partial charge in [0.15, 0.2) is 0 Å². The highest BCUT2D eigenvalue weighted by Crippen LogP contribution is 2.29. The van der Waals surface area contributed by atoms with E-state index < -0.39 is 12.2 Å². The molecule has 24 heavy (non-hydrogen) atoms. The monoisotopic (exact) mass is 450 g/mol. The molecule has 0 aliphatic heterocycles. The van der Waals surface area contributed by atoms with E-state index >= 15 is 0 Å². The topological polar surface area (TPSA) is 97.8 Å². The van der Waals surface area contributed by atoms with Crippen LogP contribution in [0.15, 0.2) is 45.3 Å². The summed E-state index contributed by atoms with van der Waals surface area (Å²) < 4.78 is 1.81. The minimum atomic E-state index is -1.22. The summed E-state index contributed by atoms with van der Waals surface area (Å²) in [6, 6.07) is 11.1. The van der Waals surface area contributed by atoms with Crippen LogP contribution in [-0.2, 0) is 0 Å². The predicted molar refractivity (Wildman–Crippen MR) is 97.5 cm³/mol. The van der Waals surface area contributed by atoms with E-state index in [9.17, 15) is 10.2 Å². The second-order valence-electron chi connectivity index (χ2n) is 5.46.